The summed E-state index contributed by atoms with van der Waals surface area (Å²) < 4.78 is 0. The van der Waals surface area contributed by atoms with E-state index < -0.39 is 0 Å². The van der Waals surface area contributed by atoms with Gasteiger partial charge in [-0.3, -0.25) is 0 Å². The average Bonchev–Trinajstić information content (AvgIpc) is 2.90. The van der Waals surface area contributed by atoms with Crippen LogP contribution in [-0.4, -0.2) is 0 Å². The second-order valence-corrected chi connectivity index (χ2v) is 5.14. The molecule has 0 saturated carbocycles. The quantitative estimate of drug-likeness (QED) is 0.576. The number of hydrogen-bond donors (Lipinski definition) is 0. The monoisotopic (exact) mass is 332 g/mol. The third-order valence-corrected chi connectivity index (χ3v) is 3.16. The van der Waals surface area contributed by atoms with Gasteiger partial charge in [0.25, 0.3) is 0 Å². The first-order valence-electron chi connectivity index (χ1n) is 7.22. The van der Waals surface area contributed by atoms with Crippen LogP contribution in [0.1, 0.15) is 66.2 Å². The Kier molecular flexibility index (Phi) is 10.5. The molecule has 0 radical (unpaired) electrons. The largest absolute Gasteiger partial charge is 2.00 e. The van der Waals surface area contributed by atoms with Crippen molar-refractivity contribution in [3.05, 3.63) is 46.6 Å². The predicted molar refractivity (Wildman–Crippen MR) is 80.1 cm³/mol. The van der Waals surface area contributed by atoms with E-state index in [1.54, 1.807) is 0 Å². The molecule has 0 aromatic rings. The maximum atomic E-state index is 3.33. The van der Waals surface area contributed by atoms with Crippen molar-refractivity contribution in [3.8, 4) is 0 Å². The molecule has 1 heteroatoms. The van der Waals surface area contributed by atoms with Crippen molar-refractivity contribution in [2.45, 2.75) is 66.2 Å². The maximum Gasteiger partial charge on any atom is 2.00 e. The molecule has 0 unspecified atom stereocenters. The number of rotatable bonds is 4. The molecule has 2 aliphatic rings. The van der Waals surface area contributed by atoms with Crippen LogP contribution in [0.4, 0.5) is 0 Å². The van der Waals surface area contributed by atoms with E-state index in [1.165, 1.54) is 48.0 Å². The molecule has 0 fully saturated rings. The molecule has 0 saturated heterocycles. The van der Waals surface area contributed by atoms with Gasteiger partial charge in [0.1, 0.15) is 0 Å². The van der Waals surface area contributed by atoms with Gasteiger partial charge >= 0.3 is 26.2 Å². The van der Waals surface area contributed by atoms with Crippen molar-refractivity contribution in [1.82, 2.24) is 0 Å². The summed E-state index contributed by atoms with van der Waals surface area (Å²) in [6.07, 6.45) is 18.4. The molecule has 0 amide bonds. The molecule has 0 atom stereocenters. The van der Waals surface area contributed by atoms with E-state index in [0.717, 1.165) is 12.8 Å². The minimum absolute atomic E-state index is 0. The van der Waals surface area contributed by atoms with E-state index >= 15 is 0 Å². The Morgan fingerprint density at radius 2 is 1.21 bits per heavy atom. The second-order valence-electron chi connectivity index (χ2n) is 5.14. The molecule has 0 aromatic carbocycles. The molecule has 0 aromatic heterocycles. The summed E-state index contributed by atoms with van der Waals surface area (Å²) in [6.45, 7) is 8.65. The minimum Gasteiger partial charge on any atom is -0.250 e. The zero-order chi connectivity index (χ0) is 13.4. The molecule has 102 valence electrons. The van der Waals surface area contributed by atoms with Crippen molar-refractivity contribution in [3.63, 3.8) is 0 Å². The van der Waals surface area contributed by atoms with Crippen LogP contribution in [0.25, 0.3) is 0 Å². The smallest absolute Gasteiger partial charge is 0.250 e. The van der Waals surface area contributed by atoms with Gasteiger partial charge in [-0.2, -0.15) is 11.1 Å². The Hall–Kier alpha value is -0.157. The van der Waals surface area contributed by atoms with Crippen LogP contribution in [0.3, 0.4) is 0 Å². The Labute approximate surface area is 138 Å². The topological polar surface area (TPSA) is 0 Å². The zero-order valence-corrected chi connectivity index (χ0v) is 15.4. The normalized spacial score (nSPS) is 16.6. The third-order valence-electron chi connectivity index (χ3n) is 3.16. The fourth-order valence-electron chi connectivity index (χ4n) is 2.25. The minimum atomic E-state index is 0. The van der Waals surface area contributed by atoms with Gasteiger partial charge in [0.05, 0.1) is 0 Å². The van der Waals surface area contributed by atoms with Crippen molar-refractivity contribution in [2.75, 3.05) is 0 Å². The Morgan fingerprint density at radius 1 is 0.842 bits per heavy atom. The van der Waals surface area contributed by atoms with Gasteiger partial charge in [-0.15, -0.1) is 0 Å². The van der Waals surface area contributed by atoms with Crippen LogP contribution in [-0.2, 0) is 26.2 Å². The Morgan fingerprint density at radius 3 is 1.42 bits per heavy atom. The van der Waals surface area contributed by atoms with Gasteiger partial charge in [0.15, 0.2) is 0 Å². The van der Waals surface area contributed by atoms with Crippen LogP contribution in [0.2, 0.25) is 0 Å². The molecule has 2 rings (SSSR count). The molecule has 0 bridgehead atoms. The third kappa shape index (κ3) is 7.88. The van der Waals surface area contributed by atoms with Gasteiger partial charge < -0.3 is 0 Å². The molecule has 0 aliphatic heterocycles. The summed E-state index contributed by atoms with van der Waals surface area (Å²) in [4.78, 5) is 0. The van der Waals surface area contributed by atoms with Crippen molar-refractivity contribution >= 4 is 0 Å². The predicted octanol–water partition coefficient (Wildman–Crippen LogP) is 5.73. The van der Waals surface area contributed by atoms with Crippen LogP contribution >= 0.6 is 0 Å². The summed E-state index contributed by atoms with van der Waals surface area (Å²) in [5.74, 6) is 0. The van der Waals surface area contributed by atoms with Gasteiger partial charge in [-0.1, -0.05) is 66.2 Å². The van der Waals surface area contributed by atoms with Gasteiger partial charge in [-0.25, -0.2) is 35.5 Å². The first-order valence-corrected chi connectivity index (χ1v) is 7.22. The summed E-state index contributed by atoms with van der Waals surface area (Å²) in [5.41, 5.74) is 5.60. The fraction of sp³-hybridized carbons (Fsp3) is 0.556. The van der Waals surface area contributed by atoms with Crippen LogP contribution in [0.15, 0.2) is 34.4 Å². The molecule has 0 spiro atoms. The van der Waals surface area contributed by atoms with Crippen molar-refractivity contribution < 1.29 is 26.2 Å². The maximum absolute atomic E-state index is 3.33. The van der Waals surface area contributed by atoms with Gasteiger partial charge in [-0.05, 0) is 0 Å². The Balaban J connectivity index is 0.000000324. The first-order chi connectivity index (χ1) is 8.65. The molecule has 0 N–H and O–H groups in total. The van der Waals surface area contributed by atoms with Gasteiger partial charge in [0, 0.05) is 0 Å². The second kappa shape index (κ2) is 10.6. The van der Waals surface area contributed by atoms with Crippen LogP contribution in [0.5, 0.6) is 0 Å². The number of allylic oxidation sites excluding steroid dienone is 8. The molecule has 19 heavy (non-hydrogen) atoms. The van der Waals surface area contributed by atoms with E-state index in [4.69, 9.17) is 0 Å². The SMILES string of the molecule is CCCC1=[C-]C(C)=CC1.CCCC1=[C-]C(C)=CC1.[Zr+2]. The van der Waals surface area contributed by atoms with E-state index in [0.29, 0.717) is 0 Å². The summed E-state index contributed by atoms with van der Waals surface area (Å²) in [6, 6.07) is 0. The molecular formula is C18H26Zr. The number of hydrogen-bond acceptors (Lipinski definition) is 0. The van der Waals surface area contributed by atoms with Gasteiger partial charge in [0.2, 0.25) is 0 Å². The van der Waals surface area contributed by atoms with Crippen molar-refractivity contribution in [2.24, 2.45) is 0 Å². The standard InChI is InChI=1S/2C9H13.Zr/c2*1-3-4-9-6-5-8(2)7-9;/h2*5H,3-4,6H2,1-2H3;/q2*-1;+2. The summed E-state index contributed by atoms with van der Waals surface area (Å²) >= 11 is 0. The van der Waals surface area contributed by atoms with E-state index in [-0.39, 0.29) is 26.2 Å². The van der Waals surface area contributed by atoms with Crippen LogP contribution < -0.4 is 0 Å². The molecule has 2 aliphatic carbocycles. The van der Waals surface area contributed by atoms with E-state index in [2.05, 4.69) is 52.0 Å². The first kappa shape index (κ1) is 18.8. The summed E-state index contributed by atoms with van der Waals surface area (Å²) in [7, 11) is 0. The average molecular weight is 334 g/mol. The molecule has 0 heterocycles. The molecule has 0 nitrogen and oxygen atoms in total. The molecular weight excluding hydrogens is 307 g/mol. The zero-order valence-electron chi connectivity index (χ0n) is 12.9. The van der Waals surface area contributed by atoms with E-state index in [1.807, 2.05) is 0 Å². The fourth-order valence-corrected chi connectivity index (χ4v) is 2.25. The summed E-state index contributed by atoms with van der Waals surface area (Å²) in [5, 5.41) is 0. The Bertz CT molecular complexity index is 342. The van der Waals surface area contributed by atoms with Crippen molar-refractivity contribution in [1.29, 1.82) is 0 Å². The van der Waals surface area contributed by atoms with Crippen LogP contribution in [0, 0.1) is 12.2 Å². The van der Waals surface area contributed by atoms with E-state index in [9.17, 15) is 0 Å².